The van der Waals surface area contributed by atoms with Gasteiger partial charge in [0.05, 0.1) is 17.8 Å². The van der Waals surface area contributed by atoms with Crippen molar-refractivity contribution in [1.29, 1.82) is 0 Å². The average Bonchev–Trinajstić information content (AvgIpc) is 3.23. The van der Waals surface area contributed by atoms with Crippen LogP contribution in [0.1, 0.15) is 19.3 Å². The van der Waals surface area contributed by atoms with E-state index in [9.17, 15) is 4.79 Å². The molecule has 0 bridgehead atoms. The molecule has 0 unspecified atom stereocenters. The summed E-state index contributed by atoms with van der Waals surface area (Å²) in [4.78, 5) is 16.9. The Morgan fingerprint density at radius 2 is 1.96 bits per heavy atom. The fraction of sp³-hybridized carbons (Fsp3) is 0.353. The SMILES string of the molecule is O=C1CC(C2CCOCC2)=NN1c1nc(-c2ccccc2)cs1. The molecule has 0 saturated carbocycles. The minimum atomic E-state index is 0.0143. The second-order valence-electron chi connectivity index (χ2n) is 5.74. The number of rotatable bonds is 3. The molecule has 1 aromatic carbocycles. The minimum Gasteiger partial charge on any atom is -0.381 e. The molecule has 2 aliphatic heterocycles. The number of aromatic nitrogens is 1. The van der Waals surface area contributed by atoms with Gasteiger partial charge < -0.3 is 4.74 Å². The van der Waals surface area contributed by atoms with Crippen LogP contribution in [0.3, 0.4) is 0 Å². The summed E-state index contributed by atoms with van der Waals surface area (Å²) in [5, 5.41) is 8.66. The Bertz CT molecular complexity index is 735. The van der Waals surface area contributed by atoms with Gasteiger partial charge >= 0.3 is 0 Å². The molecule has 1 amide bonds. The third kappa shape index (κ3) is 2.92. The molecule has 5 nitrogen and oxygen atoms in total. The highest BCUT2D eigenvalue weighted by Crippen LogP contribution is 2.31. The molecule has 0 spiro atoms. The average molecular weight is 327 g/mol. The highest BCUT2D eigenvalue weighted by atomic mass is 32.1. The molecule has 0 N–H and O–H groups in total. The summed E-state index contributed by atoms with van der Waals surface area (Å²) in [6.45, 7) is 1.51. The Morgan fingerprint density at radius 1 is 1.17 bits per heavy atom. The van der Waals surface area contributed by atoms with E-state index in [0.29, 0.717) is 17.5 Å². The van der Waals surface area contributed by atoms with Gasteiger partial charge in [0.2, 0.25) is 5.13 Å². The number of hydrazone groups is 1. The molecule has 0 atom stereocenters. The van der Waals surface area contributed by atoms with E-state index in [1.807, 2.05) is 35.7 Å². The monoisotopic (exact) mass is 327 g/mol. The van der Waals surface area contributed by atoms with Crippen molar-refractivity contribution in [2.75, 3.05) is 18.2 Å². The summed E-state index contributed by atoms with van der Waals surface area (Å²) in [6, 6.07) is 9.97. The van der Waals surface area contributed by atoms with E-state index in [-0.39, 0.29) is 5.91 Å². The van der Waals surface area contributed by atoms with Crippen LogP contribution in [0, 0.1) is 5.92 Å². The van der Waals surface area contributed by atoms with Crippen LogP contribution in [0.4, 0.5) is 5.13 Å². The van der Waals surface area contributed by atoms with Crippen molar-refractivity contribution in [3.8, 4) is 11.3 Å². The Balaban J connectivity index is 1.57. The van der Waals surface area contributed by atoms with Crippen LogP contribution in [0.5, 0.6) is 0 Å². The molecular formula is C17H17N3O2S. The van der Waals surface area contributed by atoms with Gasteiger partial charge in [0.15, 0.2) is 0 Å². The summed E-state index contributed by atoms with van der Waals surface area (Å²) in [6.07, 6.45) is 2.31. The Morgan fingerprint density at radius 3 is 2.74 bits per heavy atom. The van der Waals surface area contributed by atoms with Crippen LogP contribution in [0.15, 0.2) is 40.8 Å². The summed E-state index contributed by atoms with van der Waals surface area (Å²) >= 11 is 1.46. The zero-order valence-electron chi connectivity index (χ0n) is 12.6. The fourth-order valence-electron chi connectivity index (χ4n) is 2.96. The Kier molecular flexibility index (Phi) is 3.93. The van der Waals surface area contributed by atoms with Gasteiger partial charge in [-0.05, 0) is 12.8 Å². The quantitative estimate of drug-likeness (QED) is 0.869. The van der Waals surface area contributed by atoms with Crippen molar-refractivity contribution < 1.29 is 9.53 Å². The van der Waals surface area contributed by atoms with Gasteiger partial charge in [-0.25, -0.2) is 4.98 Å². The number of nitrogens with zero attached hydrogens (tertiary/aromatic N) is 3. The molecule has 3 heterocycles. The highest BCUT2D eigenvalue weighted by molar-refractivity contribution is 7.14. The van der Waals surface area contributed by atoms with E-state index in [1.165, 1.54) is 16.3 Å². The second-order valence-corrected chi connectivity index (χ2v) is 6.58. The predicted molar refractivity (Wildman–Crippen MR) is 90.6 cm³/mol. The van der Waals surface area contributed by atoms with Crippen LogP contribution in [-0.4, -0.2) is 29.8 Å². The number of benzene rings is 1. The zero-order valence-corrected chi connectivity index (χ0v) is 13.5. The number of hydrogen-bond donors (Lipinski definition) is 0. The lowest BCUT2D eigenvalue weighted by molar-refractivity contribution is -0.116. The van der Waals surface area contributed by atoms with Gasteiger partial charge in [0.25, 0.3) is 5.91 Å². The predicted octanol–water partition coefficient (Wildman–Crippen LogP) is 3.33. The van der Waals surface area contributed by atoms with Crippen LogP contribution in [0.25, 0.3) is 11.3 Å². The molecule has 0 aliphatic carbocycles. The number of carbonyl (C=O) groups excluding carboxylic acids is 1. The van der Waals surface area contributed by atoms with Crippen molar-refractivity contribution in [3.05, 3.63) is 35.7 Å². The van der Waals surface area contributed by atoms with E-state index in [2.05, 4.69) is 10.1 Å². The third-order valence-electron chi connectivity index (χ3n) is 4.23. The fourth-order valence-corrected chi connectivity index (χ4v) is 3.76. The maximum absolute atomic E-state index is 12.3. The number of amides is 1. The van der Waals surface area contributed by atoms with E-state index < -0.39 is 0 Å². The lowest BCUT2D eigenvalue weighted by Gasteiger charge is -2.20. The number of anilines is 1. The van der Waals surface area contributed by atoms with Crippen LogP contribution in [0.2, 0.25) is 0 Å². The molecule has 6 heteroatoms. The van der Waals surface area contributed by atoms with Gasteiger partial charge in [-0.15, -0.1) is 11.3 Å². The molecule has 1 saturated heterocycles. The van der Waals surface area contributed by atoms with E-state index in [0.717, 1.165) is 43.0 Å². The van der Waals surface area contributed by atoms with Gasteiger partial charge in [0, 0.05) is 30.1 Å². The zero-order chi connectivity index (χ0) is 15.6. The summed E-state index contributed by atoms with van der Waals surface area (Å²) < 4.78 is 5.39. The third-order valence-corrected chi connectivity index (χ3v) is 5.05. The van der Waals surface area contributed by atoms with Crippen LogP contribution in [-0.2, 0) is 9.53 Å². The molecular weight excluding hydrogens is 310 g/mol. The molecule has 4 rings (SSSR count). The second kappa shape index (κ2) is 6.22. The summed E-state index contributed by atoms with van der Waals surface area (Å²) in [5.41, 5.74) is 2.91. The smallest absolute Gasteiger partial charge is 0.255 e. The maximum atomic E-state index is 12.3. The topological polar surface area (TPSA) is 54.8 Å². The molecule has 1 fully saturated rings. The molecule has 2 aliphatic rings. The Labute approximate surface area is 138 Å². The molecule has 118 valence electrons. The van der Waals surface area contributed by atoms with E-state index >= 15 is 0 Å². The van der Waals surface area contributed by atoms with Gasteiger partial charge in [-0.2, -0.15) is 10.1 Å². The van der Waals surface area contributed by atoms with Crippen molar-refractivity contribution >= 4 is 28.1 Å². The first-order chi connectivity index (χ1) is 11.3. The molecule has 23 heavy (non-hydrogen) atoms. The number of hydrogen-bond acceptors (Lipinski definition) is 5. The molecule has 0 radical (unpaired) electrons. The number of carbonyl (C=O) groups is 1. The van der Waals surface area contributed by atoms with E-state index in [1.54, 1.807) is 0 Å². The normalized spacial score (nSPS) is 19.2. The Hall–Kier alpha value is -2.05. The van der Waals surface area contributed by atoms with Gasteiger partial charge in [0.1, 0.15) is 0 Å². The highest BCUT2D eigenvalue weighted by Gasteiger charge is 2.32. The molecule has 2 aromatic rings. The lowest BCUT2D eigenvalue weighted by atomic mass is 9.93. The van der Waals surface area contributed by atoms with Crippen molar-refractivity contribution in [2.24, 2.45) is 11.0 Å². The van der Waals surface area contributed by atoms with Crippen molar-refractivity contribution in [3.63, 3.8) is 0 Å². The number of thiazole rings is 1. The summed E-state index contributed by atoms with van der Waals surface area (Å²) in [5.74, 6) is 0.381. The standard InChI is InChI=1S/C17H17N3O2S/c21-16-10-14(13-6-8-22-9-7-13)19-20(16)17-18-15(11-23-17)12-4-2-1-3-5-12/h1-5,11,13H,6-10H2. The van der Waals surface area contributed by atoms with Crippen LogP contribution >= 0.6 is 11.3 Å². The lowest BCUT2D eigenvalue weighted by Crippen LogP contribution is -2.23. The van der Waals surface area contributed by atoms with Gasteiger partial charge in [-0.1, -0.05) is 30.3 Å². The maximum Gasteiger partial charge on any atom is 0.255 e. The minimum absolute atomic E-state index is 0.0143. The number of ether oxygens (including phenoxy) is 1. The first-order valence-corrected chi connectivity index (χ1v) is 8.68. The van der Waals surface area contributed by atoms with Gasteiger partial charge in [-0.3, -0.25) is 4.79 Å². The van der Waals surface area contributed by atoms with E-state index in [4.69, 9.17) is 4.74 Å². The largest absolute Gasteiger partial charge is 0.381 e. The first kappa shape index (κ1) is 14.5. The van der Waals surface area contributed by atoms with Crippen molar-refractivity contribution in [1.82, 2.24) is 4.98 Å². The molecule has 1 aromatic heterocycles. The first-order valence-electron chi connectivity index (χ1n) is 7.80. The summed E-state index contributed by atoms with van der Waals surface area (Å²) in [7, 11) is 0. The van der Waals surface area contributed by atoms with Crippen molar-refractivity contribution in [2.45, 2.75) is 19.3 Å². The van der Waals surface area contributed by atoms with Crippen LogP contribution < -0.4 is 5.01 Å².